The van der Waals surface area contributed by atoms with Gasteiger partial charge in [0.2, 0.25) is 0 Å². The van der Waals surface area contributed by atoms with Gasteiger partial charge >= 0.3 is 6.03 Å². The van der Waals surface area contributed by atoms with Gasteiger partial charge in [-0.1, -0.05) is 25.1 Å². The second kappa shape index (κ2) is 7.85. The van der Waals surface area contributed by atoms with Gasteiger partial charge < -0.3 is 15.1 Å². The predicted molar refractivity (Wildman–Crippen MR) is 111 cm³/mol. The Hall–Kier alpha value is -2.14. The topological polar surface area (TPSA) is 48.5 Å². The SMILES string of the molecule is C[C@@H]1C[C@@H](c2cccc3ncccc23)CN(C(=O)NC2CCN(C)CC2)C1.[HH]. The number of amides is 2. The Morgan fingerprint density at radius 2 is 2.00 bits per heavy atom. The summed E-state index contributed by atoms with van der Waals surface area (Å²) in [6, 6.07) is 10.9. The third-order valence-electron chi connectivity index (χ3n) is 6.11. The summed E-state index contributed by atoms with van der Waals surface area (Å²) in [5.74, 6) is 0.865. The van der Waals surface area contributed by atoms with Crippen LogP contribution in [0.3, 0.4) is 0 Å². The van der Waals surface area contributed by atoms with E-state index in [4.69, 9.17) is 0 Å². The summed E-state index contributed by atoms with van der Waals surface area (Å²) < 4.78 is 0. The molecule has 0 bridgehead atoms. The predicted octanol–water partition coefficient (Wildman–Crippen LogP) is 3.71. The van der Waals surface area contributed by atoms with Gasteiger partial charge in [-0.3, -0.25) is 4.98 Å². The largest absolute Gasteiger partial charge is 0.335 e. The van der Waals surface area contributed by atoms with E-state index in [9.17, 15) is 4.79 Å². The Kier molecular flexibility index (Phi) is 5.30. The molecule has 146 valence electrons. The molecule has 0 aliphatic carbocycles. The molecule has 1 aromatic heterocycles. The van der Waals surface area contributed by atoms with Crippen molar-refractivity contribution < 1.29 is 6.22 Å². The molecule has 2 aliphatic heterocycles. The average Bonchev–Trinajstić information content (AvgIpc) is 2.69. The second-order valence-corrected chi connectivity index (χ2v) is 8.39. The lowest BCUT2D eigenvalue weighted by Gasteiger charge is -2.38. The number of fused-ring (bicyclic) bond motifs is 1. The van der Waals surface area contributed by atoms with Crippen molar-refractivity contribution in [2.45, 2.75) is 38.1 Å². The van der Waals surface area contributed by atoms with Crippen molar-refractivity contribution in [2.24, 2.45) is 5.92 Å². The summed E-state index contributed by atoms with van der Waals surface area (Å²) in [6.45, 7) is 6.01. The van der Waals surface area contributed by atoms with Crippen LogP contribution in [0.2, 0.25) is 0 Å². The van der Waals surface area contributed by atoms with Crippen LogP contribution in [0.25, 0.3) is 10.9 Å². The van der Waals surface area contributed by atoms with E-state index in [0.29, 0.717) is 17.9 Å². The summed E-state index contributed by atoms with van der Waals surface area (Å²) in [7, 11) is 2.15. The summed E-state index contributed by atoms with van der Waals surface area (Å²) in [5.41, 5.74) is 2.36. The Morgan fingerprint density at radius 1 is 1.19 bits per heavy atom. The van der Waals surface area contributed by atoms with E-state index in [1.807, 2.05) is 17.2 Å². The lowest BCUT2D eigenvalue weighted by atomic mass is 9.84. The number of nitrogens with zero attached hydrogens (tertiary/aromatic N) is 3. The highest BCUT2D eigenvalue weighted by atomic mass is 16.2. The fraction of sp³-hybridized carbons (Fsp3) is 0.545. The molecule has 1 aromatic carbocycles. The number of pyridine rings is 1. The van der Waals surface area contributed by atoms with Crippen LogP contribution in [-0.2, 0) is 0 Å². The van der Waals surface area contributed by atoms with Crippen molar-refractivity contribution in [2.75, 3.05) is 33.2 Å². The molecule has 2 amide bonds. The highest BCUT2D eigenvalue weighted by molar-refractivity contribution is 5.83. The zero-order valence-corrected chi connectivity index (χ0v) is 16.4. The molecule has 2 atom stereocenters. The van der Waals surface area contributed by atoms with Crippen LogP contribution >= 0.6 is 0 Å². The minimum atomic E-state index is 0. The maximum absolute atomic E-state index is 12.9. The normalized spacial score (nSPS) is 24.9. The first-order valence-electron chi connectivity index (χ1n) is 10.2. The Balaban J connectivity index is 0.00000225. The molecule has 5 nitrogen and oxygen atoms in total. The fourth-order valence-corrected chi connectivity index (χ4v) is 4.64. The molecule has 2 fully saturated rings. The van der Waals surface area contributed by atoms with Crippen LogP contribution in [0, 0.1) is 5.92 Å². The highest BCUT2D eigenvalue weighted by Gasteiger charge is 2.31. The minimum absolute atomic E-state index is 0. The average molecular weight is 369 g/mol. The molecule has 3 heterocycles. The van der Waals surface area contributed by atoms with E-state index < -0.39 is 0 Å². The minimum Gasteiger partial charge on any atom is -0.335 e. The first-order chi connectivity index (χ1) is 13.1. The van der Waals surface area contributed by atoms with E-state index in [-0.39, 0.29) is 7.46 Å². The van der Waals surface area contributed by atoms with Crippen LogP contribution in [0.5, 0.6) is 0 Å². The Labute approximate surface area is 163 Å². The number of carbonyl (C=O) groups excluding carboxylic acids is 1. The number of urea groups is 1. The number of piperidine rings is 2. The molecule has 0 radical (unpaired) electrons. The zero-order chi connectivity index (χ0) is 18.8. The van der Waals surface area contributed by atoms with Crippen molar-refractivity contribution in [1.29, 1.82) is 0 Å². The van der Waals surface area contributed by atoms with Crippen LogP contribution in [-0.4, -0.2) is 60.1 Å². The molecule has 2 aromatic rings. The van der Waals surface area contributed by atoms with E-state index in [1.54, 1.807) is 0 Å². The van der Waals surface area contributed by atoms with Crippen molar-refractivity contribution in [3.05, 3.63) is 42.1 Å². The van der Waals surface area contributed by atoms with E-state index in [0.717, 1.165) is 51.0 Å². The van der Waals surface area contributed by atoms with Gasteiger partial charge in [-0.25, -0.2) is 4.79 Å². The summed E-state index contributed by atoms with van der Waals surface area (Å²) in [4.78, 5) is 21.8. The Morgan fingerprint density at radius 3 is 2.81 bits per heavy atom. The Bertz CT molecular complexity index is 801. The number of carbonyl (C=O) groups is 1. The zero-order valence-electron chi connectivity index (χ0n) is 16.4. The van der Waals surface area contributed by atoms with Crippen LogP contribution in [0.4, 0.5) is 4.79 Å². The lowest BCUT2D eigenvalue weighted by Crippen LogP contribution is -2.52. The van der Waals surface area contributed by atoms with Gasteiger partial charge in [0, 0.05) is 38.1 Å². The van der Waals surface area contributed by atoms with Gasteiger partial charge in [0.25, 0.3) is 0 Å². The molecule has 2 aliphatic rings. The molecule has 0 spiro atoms. The van der Waals surface area contributed by atoms with Crippen LogP contribution in [0.15, 0.2) is 36.5 Å². The molecule has 0 unspecified atom stereocenters. The maximum atomic E-state index is 12.9. The first kappa shape index (κ1) is 18.2. The van der Waals surface area contributed by atoms with Crippen LogP contribution < -0.4 is 5.32 Å². The standard InChI is InChI=1S/C22H30N4O.H2/c1-16-13-17(19-5-3-7-21-20(19)6-4-10-23-21)15-26(14-16)22(27)24-18-8-11-25(2)12-9-18;/h3-7,10,16-18H,8-9,11-15H2,1-2H3,(H,24,27);1H/t16-,17-;/m1./s1. The first-order valence-corrected chi connectivity index (χ1v) is 10.2. The van der Waals surface area contributed by atoms with Crippen molar-refractivity contribution in [3.63, 3.8) is 0 Å². The second-order valence-electron chi connectivity index (χ2n) is 8.39. The maximum Gasteiger partial charge on any atom is 0.317 e. The number of hydrogen-bond acceptors (Lipinski definition) is 3. The molecule has 0 saturated carbocycles. The van der Waals surface area contributed by atoms with E-state index in [1.165, 1.54) is 10.9 Å². The number of aromatic nitrogens is 1. The number of benzene rings is 1. The van der Waals surface area contributed by atoms with Gasteiger partial charge in [0.1, 0.15) is 0 Å². The molecular weight excluding hydrogens is 336 g/mol. The smallest absolute Gasteiger partial charge is 0.317 e. The number of rotatable bonds is 2. The van der Waals surface area contributed by atoms with Crippen LogP contribution in [0.1, 0.15) is 39.1 Å². The van der Waals surface area contributed by atoms with Gasteiger partial charge in [-0.15, -0.1) is 0 Å². The fourth-order valence-electron chi connectivity index (χ4n) is 4.64. The van der Waals surface area contributed by atoms with Crippen molar-refractivity contribution >= 4 is 16.9 Å². The van der Waals surface area contributed by atoms with Gasteiger partial charge in [0.15, 0.2) is 0 Å². The van der Waals surface area contributed by atoms with Crippen molar-refractivity contribution in [1.82, 2.24) is 20.1 Å². The number of hydrogen-bond donors (Lipinski definition) is 1. The molecule has 5 heteroatoms. The highest BCUT2D eigenvalue weighted by Crippen LogP contribution is 2.33. The number of nitrogens with one attached hydrogen (secondary N) is 1. The van der Waals surface area contributed by atoms with Gasteiger partial charge in [0.05, 0.1) is 5.52 Å². The van der Waals surface area contributed by atoms with Gasteiger partial charge in [-0.05, 0) is 63.0 Å². The summed E-state index contributed by atoms with van der Waals surface area (Å²) >= 11 is 0. The van der Waals surface area contributed by atoms with E-state index in [2.05, 4.69) is 53.4 Å². The third kappa shape index (κ3) is 4.08. The molecule has 4 rings (SSSR count). The summed E-state index contributed by atoms with van der Waals surface area (Å²) in [5, 5.41) is 4.50. The molecule has 27 heavy (non-hydrogen) atoms. The molecule has 2 saturated heterocycles. The van der Waals surface area contributed by atoms with E-state index >= 15 is 0 Å². The quantitative estimate of drug-likeness (QED) is 0.879. The summed E-state index contributed by atoms with van der Waals surface area (Å²) in [6.07, 6.45) is 5.05. The van der Waals surface area contributed by atoms with Crippen molar-refractivity contribution in [3.8, 4) is 0 Å². The third-order valence-corrected chi connectivity index (χ3v) is 6.11. The van der Waals surface area contributed by atoms with Gasteiger partial charge in [-0.2, -0.15) is 0 Å². The molecule has 1 N–H and O–H groups in total. The molecular formula is C22H32N4O. The lowest BCUT2D eigenvalue weighted by molar-refractivity contribution is 0.150. The monoisotopic (exact) mass is 368 g/mol. The number of likely N-dealkylation sites (tertiary alicyclic amines) is 2.